The highest BCUT2D eigenvalue weighted by atomic mass is 19.1. The number of benzene rings is 1. The largest absolute Gasteiger partial charge is 0.320 e. The first-order valence-corrected chi connectivity index (χ1v) is 8.34. The molecule has 1 heterocycles. The van der Waals surface area contributed by atoms with E-state index in [1.54, 1.807) is 0 Å². The van der Waals surface area contributed by atoms with E-state index in [2.05, 4.69) is 18.7 Å². The van der Waals surface area contributed by atoms with Gasteiger partial charge in [-0.3, -0.25) is 4.90 Å². The van der Waals surface area contributed by atoms with Crippen LogP contribution in [-0.2, 0) is 5.54 Å². The Hall–Kier alpha value is -0.930. The van der Waals surface area contributed by atoms with E-state index >= 15 is 0 Å². The van der Waals surface area contributed by atoms with Gasteiger partial charge in [-0.15, -0.1) is 0 Å². The molecule has 2 nitrogen and oxygen atoms in total. The fourth-order valence-corrected chi connectivity index (χ4v) is 3.54. The van der Waals surface area contributed by atoms with Crippen LogP contribution in [0, 0.1) is 5.82 Å². The van der Waals surface area contributed by atoms with Gasteiger partial charge in [0.05, 0.1) is 5.54 Å². The standard InChI is InChI=1S/C18H29FN2/c1-3-8-17(21-13-6-4-5-7-14-21)18(2,20)15-9-11-16(19)12-10-15/h9-12,17H,3-8,13-14,20H2,1-2H3. The molecule has 21 heavy (non-hydrogen) atoms. The Balaban J connectivity index is 2.23. The minimum absolute atomic E-state index is 0.198. The summed E-state index contributed by atoms with van der Waals surface area (Å²) >= 11 is 0. The lowest BCUT2D eigenvalue weighted by atomic mass is 9.82. The second-order valence-electron chi connectivity index (χ2n) is 6.54. The van der Waals surface area contributed by atoms with Crippen molar-refractivity contribution in [3.8, 4) is 0 Å². The molecule has 0 amide bonds. The summed E-state index contributed by atoms with van der Waals surface area (Å²) in [5, 5.41) is 0. The smallest absolute Gasteiger partial charge is 0.123 e. The number of hydrogen-bond acceptors (Lipinski definition) is 2. The van der Waals surface area contributed by atoms with Crippen LogP contribution >= 0.6 is 0 Å². The molecule has 0 spiro atoms. The summed E-state index contributed by atoms with van der Waals surface area (Å²) < 4.78 is 13.2. The van der Waals surface area contributed by atoms with Crippen LogP contribution in [0.4, 0.5) is 4.39 Å². The zero-order chi connectivity index (χ0) is 15.3. The third-order valence-electron chi connectivity index (χ3n) is 4.80. The summed E-state index contributed by atoms with van der Waals surface area (Å²) in [4.78, 5) is 2.57. The molecule has 1 saturated heterocycles. The number of hydrogen-bond donors (Lipinski definition) is 1. The Morgan fingerprint density at radius 2 is 1.71 bits per heavy atom. The number of nitrogens with two attached hydrogens (primary N) is 1. The molecule has 1 aromatic carbocycles. The molecule has 0 aromatic heterocycles. The van der Waals surface area contributed by atoms with Crippen LogP contribution in [0.3, 0.4) is 0 Å². The second-order valence-corrected chi connectivity index (χ2v) is 6.54. The molecule has 1 aromatic rings. The molecule has 2 rings (SSSR count). The van der Waals surface area contributed by atoms with E-state index in [1.165, 1.54) is 37.8 Å². The van der Waals surface area contributed by atoms with Gasteiger partial charge in [0.2, 0.25) is 0 Å². The summed E-state index contributed by atoms with van der Waals surface area (Å²) in [5.74, 6) is -0.198. The first-order valence-electron chi connectivity index (χ1n) is 8.34. The third kappa shape index (κ3) is 4.04. The van der Waals surface area contributed by atoms with Gasteiger partial charge in [-0.05, 0) is 57.0 Å². The number of rotatable bonds is 5. The Bertz CT molecular complexity index is 419. The molecule has 1 fully saturated rings. The summed E-state index contributed by atoms with van der Waals surface area (Å²) in [7, 11) is 0. The van der Waals surface area contributed by atoms with Crippen LogP contribution in [0.5, 0.6) is 0 Å². The monoisotopic (exact) mass is 292 g/mol. The molecule has 0 saturated carbocycles. The Morgan fingerprint density at radius 1 is 1.14 bits per heavy atom. The van der Waals surface area contributed by atoms with Crippen molar-refractivity contribution in [2.45, 2.75) is 64.0 Å². The Morgan fingerprint density at radius 3 is 2.24 bits per heavy atom. The average Bonchev–Trinajstić information content (AvgIpc) is 2.74. The first-order chi connectivity index (χ1) is 10.1. The molecule has 0 bridgehead atoms. The van der Waals surface area contributed by atoms with Crippen LogP contribution in [0.15, 0.2) is 24.3 Å². The molecule has 2 unspecified atom stereocenters. The maximum atomic E-state index is 13.2. The van der Waals surface area contributed by atoms with Gasteiger partial charge >= 0.3 is 0 Å². The Labute approximate surface area is 128 Å². The molecule has 1 aliphatic heterocycles. The predicted molar refractivity (Wildman–Crippen MR) is 86.7 cm³/mol. The van der Waals surface area contributed by atoms with Crippen molar-refractivity contribution in [3.63, 3.8) is 0 Å². The highest BCUT2D eigenvalue weighted by Crippen LogP contribution is 2.30. The van der Waals surface area contributed by atoms with Crippen molar-refractivity contribution >= 4 is 0 Å². The SMILES string of the molecule is CCCC(N1CCCCCC1)C(C)(N)c1ccc(F)cc1. The minimum atomic E-state index is -0.436. The maximum absolute atomic E-state index is 13.2. The van der Waals surface area contributed by atoms with Gasteiger partial charge < -0.3 is 5.73 Å². The van der Waals surface area contributed by atoms with Gasteiger partial charge in [0.1, 0.15) is 5.82 Å². The van der Waals surface area contributed by atoms with Crippen LogP contribution in [-0.4, -0.2) is 24.0 Å². The van der Waals surface area contributed by atoms with E-state index in [0.29, 0.717) is 6.04 Å². The molecule has 0 aliphatic carbocycles. The minimum Gasteiger partial charge on any atom is -0.320 e. The van der Waals surface area contributed by atoms with Crippen molar-refractivity contribution < 1.29 is 4.39 Å². The number of nitrogens with zero attached hydrogens (tertiary/aromatic N) is 1. The normalized spacial score (nSPS) is 21.5. The predicted octanol–water partition coefficient (Wildman–Crippen LogP) is 4.04. The fraction of sp³-hybridized carbons (Fsp3) is 0.667. The maximum Gasteiger partial charge on any atom is 0.123 e. The van der Waals surface area contributed by atoms with E-state index in [0.717, 1.165) is 31.5 Å². The molecular formula is C18H29FN2. The number of halogens is 1. The molecular weight excluding hydrogens is 263 g/mol. The summed E-state index contributed by atoms with van der Waals surface area (Å²) in [6.45, 7) is 6.59. The Kier molecular flexibility index (Phi) is 5.77. The van der Waals surface area contributed by atoms with E-state index in [9.17, 15) is 4.39 Å². The topological polar surface area (TPSA) is 29.3 Å². The molecule has 2 N–H and O–H groups in total. The summed E-state index contributed by atoms with van der Waals surface area (Å²) in [6.07, 6.45) is 7.39. The molecule has 3 heteroatoms. The van der Waals surface area contributed by atoms with E-state index in [4.69, 9.17) is 5.73 Å². The number of likely N-dealkylation sites (tertiary alicyclic amines) is 1. The van der Waals surface area contributed by atoms with Crippen LogP contribution < -0.4 is 5.73 Å². The van der Waals surface area contributed by atoms with E-state index < -0.39 is 5.54 Å². The lowest BCUT2D eigenvalue weighted by molar-refractivity contribution is 0.121. The fourth-order valence-electron chi connectivity index (χ4n) is 3.54. The van der Waals surface area contributed by atoms with Crippen LogP contribution in [0.25, 0.3) is 0 Å². The van der Waals surface area contributed by atoms with Gasteiger partial charge in [-0.25, -0.2) is 4.39 Å². The van der Waals surface area contributed by atoms with Gasteiger partial charge in [0, 0.05) is 6.04 Å². The molecule has 0 radical (unpaired) electrons. The zero-order valence-electron chi connectivity index (χ0n) is 13.4. The van der Waals surface area contributed by atoms with Crippen molar-refractivity contribution in [1.82, 2.24) is 4.90 Å². The summed E-state index contributed by atoms with van der Waals surface area (Å²) in [6, 6.07) is 7.05. The van der Waals surface area contributed by atoms with Crippen LogP contribution in [0.2, 0.25) is 0 Å². The summed E-state index contributed by atoms with van der Waals surface area (Å²) in [5.41, 5.74) is 7.33. The van der Waals surface area contributed by atoms with E-state index in [-0.39, 0.29) is 5.82 Å². The van der Waals surface area contributed by atoms with Crippen molar-refractivity contribution in [1.29, 1.82) is 0 Å². The quantitative estimate of drug-likeness (QED) is 0.887. The molecule has 118 valence electrons. The van der Waals surface area contributed by atoms with Gasteiger partial charge in [0.25, 0.3) is 0 Å². The first kappa shape index (κ1) is 16.4. The highest BCUT2D eigenvalue weighted by molar-refractivity contribution is 5.26. The third-order valence-corrected chi connectivity index (χ3v) is 4.80. The van der Waals surface area contributed by atoms with Crippen molar-refractivity contribution in [2.24, 2.45) is 5.73 Å². The van der Waals surface area contributed by atoms with Crippen LogP contribution in [0.1, 0.15) is 57.9 Å². The average molecular weight is 292 g/mol. The zero-order valence-corrected chi connectivity index (χ0v) is 13.4. The van der Waals surface area contributed by atoms with Gasteiger partial charge in [0.15, 0.2) is 0 Å². The van der Waals surface area contributed by atoms with Crippen molar-refractivity contribution in [3.05, 3.63) is 35.6 Å². The van der Waals surface area contributed by atoms with Gasteiger partial charge in [-0.2, -0.15) is 0 Å². The van der Waals surface area contributed by atoms with Crippen molar-refractivity contribution in [2.75, 3.05) is 13.1 Å². The highest BCUT2D eigenvalue weighted by Gasteiger charge is 2.35. The second kappa shape index (κ2) is 7.37. The van der Waals surface area contributed by atoms with Gasteiger partial charge in [-0.1, -0.05) is 38.3 Å². The lowest BCUT2D eigenvalue weighted by Crippen LogP contribution is -2.54. The molecule has 2 atom stereocenters. The molecule has 1 aliphatic rings. The van der Waals surface area contributed by atoms with E-state index in [1.807, 2.05) is 12.1 Å². The lowest BCUT2D eigenvalue weighted by Gasteiger charge is -2.42.